The Balaban J connectivity index is 1.83. The zero-order chi connectivity index (χ0) is 26.2. The molecule has 3 aromatic rings. The summed E-state index contributed by atoms with van der Waals surface area (Å²) in [5, 5.41) is 10.8. The van der Waals surface area contributed by atoms with Gasteiger partial charge in [-0.1, -0.05) is 66.7 Å². The van der Waals surface area contributed by atoms with Gasteiger partial charge in [0.2, 0.25) is 0 Å². The number of hydrogen-bond donors (Lipinski definition) is 0. The molecule has 0 N–H and O–H groups in total. The van der Waals surface area contributed by atoms with Gasteiger partial charge >= 0.3 is 5.97 Å². The molecule has 1 saturated heterocycles. The fourth-order valence-electron chi connectivity index (χ4n) is 5.73. The Morgan fingerprint density at radius 2 is 1.62 bits per heavy atom. The standard InChI is InChI=1S/C30H26N2O5/c1-35-23-15-13-21(17-24(23)36-2)26-27(28(33)20-10-5-4-6-11-20)32-22-12-8-7-9-19(22)14-16-25(32)30(26,18-31)29(34)37-3/h4-17,25-27H,1-3H3/t25-,26-,27+,30-/m0/s1. The first kappa shape index (κ1) is 24.1. The topological polar surface area (TPSA) is 88.9 Å². The van der Waals surface area contributed by atoms with Crippen molar-refractivity contribution in [3.05, 3.63) is 95.6 Å². The molecule has 0 saturated carbocycles. The highest BCUT2D eigenvalue weighted by Gasteiger charge is 2.67. The number of methoxy groups -OCH3 is 3. The van der Waals surface area contributed by atoms with E-state index in [9.17, 15) is 14.9 Å². The summed E-state index contributed by atoms with van der Waals surface area (Å²) in [6.07, 6.45) is 3.72. The van der Waals surface area contributed by atoms with E-state index >= 15 is 0 Å². The number of ether oxygens (including phenoxy) is 3. The van der Waals surface area contributed by atoms with Gasteiger partial charge < -0.3 is 19.1 Å². The van der Waals surface area contributed by atoms with Gasteiger partial charge in [-0.3, -0.25) is 9.59 Å². The number of carbonyl (C=O) groups is 2. The largest absolute Gasteiger partial charge is 0.493 e. The zero-order valence-electron chi connectivity index (χ0n) is 20.8. The van der Waals surface area contributed by atoms with Crippen molar-refractivity contribution in [2.75, 3.05) is 26.2 Å². The smallest absolute Gasteiger partial charge is 0.329 e. The SMILES string of the molecule is COC(=O)[C@@]1(C#N)[C@@H]2C=Cc3ccccc3N2[C@@H](C(=O)c2ccccc2)[C@@H]1c1ccc(OC)c(OC)c1. The molecule has 0 unspecified atom stereocenters. The van der Waals surface area contributed by atoms with Crippen LogP contribution in [0.15, 0.2) is 78.9 Å². The number of ketones is 1. The van der Waals surface area contributed by atoms with Gasteiger partial charge in [0.15, 0.2) is 22.7 Å². The van der Waals surface area contributed by atoms with Crippen molar-refractivity contribution in [1.82, 2.24) is 0 Å². The van der Waals surface area contributed by atoms with Crippen LogP contribution in [0.3, 0.4) is 0 Å². The lowest BCUT2D eigenvalue weighted by molar-refractivity contribution is -0.150. The lowest BCUT2D eigenvalue weighted by Crippen LogP contribution is -2.46. The maximum atomic E-state index is 14.3. The summed E-state index contributed by atoms with van der Waals surface area (Å²) in [6, 6.07) is 22.5. The van der Waals surface area contributed by atoms with E-state index in [1.807, 2.05) is 47.4 Å². The van der Waals surface area contributed by atoms with Crippen molar-refractivity contribution in [2.45, 2.75) is 18.0 Å². The summed E-state index contributed by atoms with van der Waals surface area (Å²) in [4.78, 5) is 29.8. The minimum atomic E-state index is -1.71. The number of nitrogens with zero attached hydrogens (tertiary/aromatic N) is 2. The quantitative estimate of drug-likeness (QED) is 0.364. The molecule has 0 aromatic heterocycles. The Hall–Kier alpha value is -4.57. The van der Waals surface area contributed by atoms with Gasteiger partial charge in [-0.2, -0.15) is 5.26 Å². The lowest BCUT2D eigenvalue weighted by Gasteiger charge is -2.36. The van der Waals surface area contributed by atoms with E-state index in [0.29, 0.717) is 22.6 Å². The maximum Gasteiger partial charge on any atom is 0.329 e. The first-order valence-corrected chi connectivity index (χ1v) is 11.9. The van der Waals surface area contributed by atoms with E-state index in [4.69, 9.17) is 14.2 Å². The van der Waals surface area contributed by atoms with Crippen molar-refractivity contribution in [3.63, 3.8) is 0 Å². The van der Waals surface area contributed by atoms with Crippen molar-refractivity contribution in [3.8, 4) is 17.6 Å². The molecule has 7 nitrogen and oxygen atoms in total. The Labute approximate surface area is 215 Å². The van der Waals surface area contributed by atoms with Gasteiger partial charge in [-0.05, 0) is 29.3 Å². The summed E-state index contributed by atoms with van der Waals surface area (Å²) in [7, 11) is 4.32. The summed E-state index contributed by atoms with van der Waals surface area (Å²) >= 11 is 0. The molecule has 0 spiro atoms. The number of anilines is 1. The Morgan fingerprint density at radius 1 is 0.919 bits per heavy atom. The fourth-order valence-corrected chi connectivity index (χ4v) is 5.73. The van der Waals surface area contributed by atoms with Gasteiger partial charge in [-0.15, -0.1) is 0 Å². The summed E-state index contributed by atoms with van der Waals surface area (Å²) < 4.78 is 16.2. The fraction of sp³-hybridized carbons (Fsp3) is 0.233. The average Bonchev–Trinajstić information content (AvgIpc) is 3.28. The van der Waals surface area contributed by atoms with Crippen LogP contribution in [-0.4, -0.2) is 45.2 Å². The molecule has 0 amide bonds. The third-order valence-electron chi connectivity index (χ3n) is 7.35. The minimum absolute atomic E-state index is 0.198. The number of esters is 1. The van der Waals surface area contributed by atoms with Crippen LogP contribution in [0.25, 0.3) is 6.08 Å². The van der Waals surface area contributed by atoms with Crippen molar-refractivity contribution in [2.24, 2.45) is 5.41 Å². The molecule has 1 fully saturated rings. The van der Waals surface area contributed by atoms with Crippen LogP contribution in [-0.2, 0) is 9.53 Å². The molecule has 0 radical (unpaired) electrons. The molecule has 2 aliphatic rings. The molecule has 37 heavy (non-hydrogen) atoms. The van der Waals surface area contributed by atoms with Crippen LogP contribution < -0.4 is 14.4 Å². The van der Waals surface area contributed by atoms with Crippen LogP contribution in [0, 0.1) is 16.7 Å². The summed E-state index contributed by atoms with van der Waals surface area (Å²) in [5.74, 6) is -0.839. The number of nitriles is 1. The number of benzene rings is 3. The van der Waals surface area contributed by atoms with E-state index in [1.54, 1.807) is 42.5 Å². The molecule has 3 aromatic carbocycles. The molecule has 186 valence electrons. The van der Waals surface area contributed by atoms with Crippen molar-refractivity contribution >= 4 is 23.5 Å². The van der Waals surface area contributed by atoms with Crippen LogP contribution in [0.2, 0.25) is 0 Å². The lowest BCUT2D eigenvalue weighted by atomic mass is 9.68. The van der Waals surface area contributed by atoms with E-state index < -0.39 is 29.4 Å². The van der Waals surface area contributed by atoms with E-state index in [1.165, 1.54) is 21.3 Å². The third-order valence-corrected chi connectivity index (χ3v) is 7.35. The highest BCUT2D eigenvalue weighted by Crippen LogP contribution is 2.57. The molecule has 2 aliphatic heterocycles. The van der Waals surface area contributed by atoms with Gasteiger partial charge in [0.05, 0.1) is 33.4 Å². The van der Waals surface area contributed by atoms with Crippen LogP contribution in [0.1, 0.15) is 27.4 Å². The number of para-hydroxylation sites is 1. The molecule has 5 rings (SSSR count). The van der Waals surface area contributed by atoms with Gasteiger partial charge in [0, 0.05) is 17.2 Å². The van der Waals surface area contributed by atoms with Gasteiger partial charge in [-0.25, -0.2) is 0 Å². The molecule has 2 heterocycles. The first-order chi connectivity index (χ1) is 18.0. The zero-order valence-corrected chi connectivity index (χ0v) is 20.8. The van der Waals surface area contributed by atoms with E-state index in [0.717, 1.165) is 11.3 Å². The summed E-state index contributed by atoms with van der Waals surface area (Å²) in [6.45, 7) is 0. The highest BCUT2D eigenvalue weighted by molar-refractivity contribution is 6.06. The number of fused-ring (bicyclic) bond motifs is 3. The predicted octanol–water partition coefficient (Wildman–Crippen LogP) is 4.64. The Morgan fingerprint density at radius 3 is 2.30 bits per heavy atom. The Kier molecular flexibility index (Phi) is 6.18. The average molecular weight is 495 g/mol. The van der Waals surface area contributed by atoms with E-state index in [2.05, 4.69) is 6.07 Å². The van der Waals surface area contributed by atoms with Crippen molar-refractivity contribution in [1.29, 1.82) is 5.26 Å². The maximum absolute atomic E-state index is 14.3. The first-order valence-electron chi connectivity index (χ1n) is 11.9. The van der Waals surface area contributed by atoms with Gasteiger partial charge in [0.25, 0.3) is 0 Å². The molecule has 0 aliphatic carbocycles. The number of carbonyl (C=O) groups excluding carboxylic acids is 2. The van der Waals surface area contributed by atoms with Crippen LogP contribution >= 0.6 is 0 Å². The summed E-state index contributed by atoms with van der Waals surface area (Å²) in [5.41, 5.74) is 1.04. The highest BCUT2D eigenvalue weighted by atomic mass is 16.5. The van der Waals surface area contributed by atoms with Crippen molar-refractivity contribution < 1.29 is 23.8 Å². The second kappa shape index (κ2) is 9.47. The molecular weight excluding hydrogens is 468 g/mol. The minimum Gasteiger partial charge on any atom is -0.493 e. The Bertz CT molecular complexity index is 1430. The number of Topliss-reactive ketones (excluding diaryl/α,β-unsaturated/α-hetero) is 1. The van der Waals surface area contributed by atoms with Crippen LogP contribution in [0.4, 0.5) is 5.69 Å². The van der Waals surface area contributed by atoms with E-state index in [-0.39, 0.29) is 5.78 Å². The van der Waals surface area contributed by atoms with Crippen LogP contribution in [0.5, 0.6) is 11.5 Å². The molecular formula is C30H26N2O5. The third kappa shape index (κ3) is 3.56. The second-order valence-corrected chi connectivity index (χ2v) is 9.01. The number of rotatable bonds is 6. The number of hydrogen-bond acceptors (Lipinski definition) is 7. The molecule has 4 atom stereocenters. The normalized spacial score (nSPS) is 23.4. The predicted molar refractivity (Wildman–Crippen MR) is 139 cm³/mol. The monoisotopic (exact) mass is 494 g/mol. The second-order valence-electron chi connectivity index (χ2n) is 9.01. The molecule has 0 bridgehead atoms. The molecule has 7 heteroatoms. The van der Waals surface area contributed by atoms with Gasteiger partial charge in [0.1, 0.15) is 6.04 Å².